The summed E-state index contributed by atoms with van der Waals surface area (Å²) in [6.07, 6.45) is 3.80. The molecule has 0 aliphatic heterocycles. The van der Waals surface area contributed by atoms with Crippen LogP contribution in [0.25, 0.3) is 0 Å². The Hall–Kier alpha value is -1.36. The molecule has 0 spiro atoms. The van der Waals surface area contributed by atoms with E-state index < -0.39 is 0 Å². The molecule has 1 heterocycles. The van der Waals surface area contributed by atoms with Crippen LogP contribution in [0.4, 0.5) is 5.95 Å². The van der Waals surface area contributed by atoms with E-state index in [1.807, 2.05) is 18.9 Å². The number of aromatic nitrogens is 2. The molecule has 1 aromatic rings. The van der Waals surface area contributed by atoms with E-state index in [2.05, 4.69) is 9.97 Å². The first-order valence-corrected chi connectivity index (χ1v) is 6.42. The maximum atomic E-state index is 10.1. The van der Waals surface area contributed by atoms with Crippen LogP contribution in [0.5, 0.6) is 5.88 Å². The average Bonchev–Trinajstić information content (AvgIpc) is 2.37. The second-order valence-electron chi connectivity index (χ2n) is 4.88. The van der Waals surface area contributed by atoms with Crippen molar-refractivity contribution in [3.63, 3.8) is 0 Å². The van der Waals surface area contributed by atoms with Crippen LogP contribution in [0.1, 0.15) is 31.4 Å². The monoisotopic (exact) mass is 251 g/mol. The van der Waals surface area contributed by atoms with Crippen molar-refractivity contribution in [3.8, 4) is 5.88 Å². The van der Waals surface area contributed by atoms with Crippen LogP contribution in [0.3, 0.4) is 0 Å². The summed E-state index contributed by atoms with van der Waals surface area (Å²) >= 11 is 0. The lowest BCUT2D eigenvalue weighted by Crippen LogP contribution is -2.44. The van der Waals surface area contributed by atoms with Gasteiger partial charge < -0.3 is 14.7 Å². The number of aliphatic hydroxyl groups excluding tert-OH is 1. The fraction of sp³-hybridized carbons (Fsp3) is 0.692. The van der Waals surface area contributed by atoms with E-state index in [0.29, 0.717) is 11.8 Å². The predicted molar refractivity (Wildman–Crippen MR) is 70.0 cm³/mol. The van der Waals surface area contributed by atoms with Gasteiger partial charge in [-0.05, 0) is 19.8 Å². The molecule has 5 heteroatoms. The Morgan fingerprint density at radius 3 is 2.72 bits per heavy atom. The van der Waals surface area contributed by atoms with E-state index in [9.17, 15) is 5.11 Å². The molecular weight excluding hydrogens is 230 g/mol. The first-order valence-electron chi connectivity index (χ1n) is 6.42. The van der Waals surface area contributed by atoms with Gasteiger partial charge in [-0.2, -0.15) is 4.98 Å². The van der Waals surface area contributed by atoms with Crippen LogP contribution in [-0.2, 0) is 0 Å². The molecule has 0 radical (unpaired) electrons. The third-order valence-corrected chi connectivity index (χ3v) is 3.53. The summed E-state index contributed by atoms with van der Waals surface area (Å²) in [5, 5.41) is 10.1. The number of methoxy groups -OCH3 is 1. The van der Waals surface area contributed by atoms with Gasteiger partial charge in [0.1, 0.15) is 0 Å². The number of ether oxygens (including phenoxy) is 1. The Balaban J connectivity index is 2.21. The first-order chi connectivity index (χ1) is 8.61. The zero-order valence-corrected chi connectivity index (χ0v) is 11.3. The van der Waals surface area contributed by atoms with Crippen molar-refractivity contribution in [1.82, 2.24) is 9.97 Å². The van der Waals surface area contributed by atoms with Crippen LogP contribution in [-0.4, -0.2) is 41.4 Å². The van der Waals surface area contributed by atoms with Gasteiger partial charge in [-0.3, -0.25) is 0 Å². The summed E-state index contributed by atoms with van der Waals surface area (Å²) in [5.74, 6) is 1.19. The van der Waals surface area contributed by atoms with Crippen LogP contribution in [0, 0.1) is 6.92 Å². The largest absolute Gasteiger partial charge is 0.481 e. The maximum Gasteiger partial charge on any atom is 0.228 e. The minimum Gasteiger partial charge on any atom is -0.481 e. The normalized spacial score (nSPS) is 23.8. The zero-order valence-electron chi connectivity index (χ0n) is 11.3. The van der Waals surface area contributed by atoms with E-state index in [1.165, 1.54) is 0 Å². The number of likely N-dealkylation sites (N-methyl/N-ethyl adjacent to an activating group) is 1. The number of anilines is 1. The Morgan fingerprint density at radius 2 is 2.06 bits per heavy atom. The third kappa shape index (κ3) is 2.72. The highest BCUT2D eigenvalue weighted by molar-refractivity contribution is 5.35. The molecule has 1 saturated carbocycles. The molecule has 1 aliphatic carbocycles. The number of aliphatic hydroxyl groups is 1. The van der Waals surface area contributed by atoms with Gasteiger partial charge in [0.05, 0.1) is 19.3 Å². The van der Waals surface area contributed by atoms with Crippen molar-refractivity contribution < 1.29 is 9.84 Å². The lowest BCUT2D eigenvalue weighted by atomic mass is 9.92. The second kappa shape index (κ2) is 5.52. The first kappa shape index (κ1) is 13.1. The molecule has 0 bridgehead atoms. The van der Waals surface area contributed by atoms with E-state index in [1.54, 1.807) is 13.2 Å². The van der Waals surface area contributed by atoms with Gasteiger partial charge in [0, 0.05) is 18.8 Å². The summed E-state index contributed by atoms with van der Waals surface area (Å²) in [6, 6.07) is 1.90. The molecule has 0 aromatic carbocycles. The van der Waals surface area contributed by atoms with E-state index in [4.69, 9.17) is 4.74 Å². The highest BCUT2D eigenvalue weighted by atomic mass is 16.5. The van der Waals surface area contributed by atoms with Crippen LogP contribution in [0.15, 0.2) is 6.07 Å². The minimum atomic E-state index is -0.293. The van der Waals surface area contributed by atoms with Gasteiger partial charge in [0.15, 0.2) is 0 Å². The second-order valence-corrected chi connectivity index (χ2v) is 4.88. The highest BCUT2D eigenvalue weighted by Gasteiger charge is 2.28. The SMILES string of the molecule is COc1cc(C)nc(N(C)[C@@H]2CCCC[C@H]2O)n1. The maximum absolute atomic E-state index is 10.1. The molecule has 5 nitrogen and oxygen atoms in total. The van der Waals surface area contributed by atoms with E-state index in [0.717, 1.165) is 31.4 Å². The summed E-state index contributed by atoms with van der Waals surface area (Å²) < 4.78 is 5.16. The molecule has 1 aromatic heterocycles. The number of hydrogen-bond acceptors (Lipinski definition) is 5. The summed E-state index contributed by atoms with van der Waals surface area (Å²) in [4.78, 5) is 10.7. The quantitative estimate of drug-likeness (QED) is 0.883. The lowest BCUT2D eigenvalue weighted by Gasteiger charge is -2.35. The van der Waals surface area contributed by atoms with Crippen molar-refractivity contribution in [2.75, 3.05) is 19.1 Å². The van der Waals surface area contributed by atoms with Crippen LogP contribution >= 0.6 is 0 Å². The number of nitrogens with zero attached hydrogens (tertiary/aromatic N) is 3. The topological polar surface area (TPSA) is 58.5 Å². The Morgan fingerprint density at radius 1 is 1.33 bits per heavy atom. The molecule has 2 rings (SSSR count). The minimum absolute atomic E-state index is 0.102. The Kier molecular flexibility index (Phi) is 4.01. The fourth-order valence-corrected chi connectivity index (χ4v) is 2.48. The molecule has 100 valence electrons. The Labute approximate surface area is 108 Å². The standard InChI is InChI=1S/C13H21N3O2/c1-9-8-12(18-3)15-13(14-9)16(2)10-6-4-5-7-11(10)17/h8,10-11,17H,4-7H2,1-3H3/t10-,11-/m1/s1. The van der Waals surface area contributed by atoms with Crippen molar-refractivity contribution in [2.45, 2.75) is 44.8 Å². The van der Waals surface area contributed by atoms with Crippen LogP contribution in [0.2, 0.25) is 0 Å². The van der Waals surface area contributed by atoms with Crippen molar-refractivity contribution in [3.05, 3.63) is 11.8 Å². The molecule has 0 unspecified atom stereocenters. The molecule has 0 amide bonds. The van der Waals surface area contributed by atoms with Crippen LogP contribution < -0.4 is 9.64 Å². The van der Waals surface area contributed by atoms with Crippen molar-refractivity contribution in [2.24, 2.45) is 0 Å². The van der Waals surface area contributed by atoms with Gasteiger partial charge in [-0.15, -0.1) is 0 Å². The number of aryl methyl sites for hydroxylation is 1. The summed E-state index contributed by atoms with van der Waals surface area (Å²) in [5.41, 5.74) is 0.869. The average molecular weight is 251 g/mol. The van der Waals surface area contributed by atoms with Gasteiger partial charge >= 0.3 is 0 Å². The van der Waals surface area contributed by atoms with Crippen molar-refractivity contribution in [1.29, 1.82) is 0 Å². The summed E-state index contributed by atoms with van der Waals surface area (Å²) in [6.45, 7) is 1.92. The fourth-order valence-electron chi connectivity index (χ4n) is 2.48. The summed E-state index contributed by atoms with van der Waals surface area (Å²) in [7, 11) is 3.54. The molecule has 1 aliphatic rings. The Bertz CT molecular complexity index is 411. The smallest absolute Gasteiger partial charge is 0.228 e. The van der Waals surface area contributed by atoms with Gasteiger partial charge in [0.2, 0.25) is 11.8 Å². The number of hydrogen-bond donors (Lipinski definition) is 1. The third-order valence-electron chi connectivity index (χ3n) is 3.53. The molecule has 2 atom stereocenters. The van der Waals surface area contributed by atoms with E-state index >= 15 is 0 Å². The van der Waals surface area contributed by atoms with E-state index in [-0.39, 0.29) is 12.1 Å². The molecular formula is C13H21N3O2. The van der Waals surface area contributed by atoms with Gasteiger partial charge in [0.25, 0.3) is 0 Å². The predicted octanol–water partition coefficient (Wildman–Crippen LogP) is 1.53. The molecule has 0 saturated heterocycles. The zero-order chi connectivity index (χ0) is 13.1. The molecule has 1 fully saturated rings. The number of rotatable bonds is 3. The van der Waals surface area contributed by atoms with Crippen molar-refractivity contribution >= 4 is 5.95 Å². The molecule has 18 heavy (non-hydrogen) atoms. The van der Waals surface area contributed by atoms with Gasteiger partial charge in [-0.25, -0.2) is 4.98 Å². The van der Waals surface area contributed by atoms with Gasteiger partial charge in [-0.1, -0.05) is 12.8 Å². The lowest BCUT2D eigenvalue weighted by molar-refractivity contribution is 0.105. The highest BCUT2D eigenvalue weighted by Crippen LogP contribution is 2.25. The molecule has 1 N–H and O–H groups in total.